The summed E-state index contributed by atoms with van der Waals surface area (Å²) in [6, 6.07) is 17.3. The van der Waals surface area contributed by atoms with Crippen LogP contribution in [-0.4, -0.2) is 6.61 Å². The molecule has 2 aromatic carbocycles. The molecule has 1 atom stereocenters. The number of nitriles is 1. The Balaban J connectivity index is 2.09. The zero-order chi connectivity index (χ0) is 15.1. The van der Waals surface area contributed by atoms with E-state index in [9.17, 15) is 5.26 Å². The minimum absolute atomic E-state index is 0.389. The van der Waals surface area contributed by atoms with Gasteiger partial charge in [-0.05, 0) is 42.3 Å². The summed E-state index contributed by atoms with van der Waals surface area (Å²) in [5.41, 5.74) is 1.82. The predicted molar refractivity (Wildman–Crippen MR) is 88.3 cm³/mol. The number of rotatable bonds is 6. The van der Waals surface area contributed by atoms with Crippen LogP contribution in [0.15, 0.2) is 53.0 Å². The average molecular weight is 345 g/mol. The second-order valence-corrected chi connectivity index (χ2v) is 5.55. The van der Waals surface area contributed by atoms with Crippen LogP contribution in [0.5, 0.6) is 5.75 Å². The first-order valence-corrected chi connectivity index (χ1v) is 7.66. The van der Waals surface area contributed by atoms with Gasteiger partial charge in [0.05, 0.1) is 12.7 Å². The van der Waals surface area contributed by atoms with E-state index in [1.807, 2.05) is 48.5 Å². The van der Waals surface area contributed by atoms with Gasteiger partial charge < -0.3 is 10.1 Å². The van der Waals surface area contributed by atoms with Gasteiger partial charge in [0.25, 0.3) is 0 Å². The average Bonchev–Trinajstić information content (AvgIpc) is 2.51. The summed E-state index contributed by atoms with van der Waals surface area (Å²) < 4.78 is 6.53. The molecule has 1 N–H and O–H groups in total. The number of nitrogens with one attached hydrogen (secondary N) is 1. The molecule has 0 amide bonds. The normalized spacial score (nSPS) is 11.5. The Morgan fingerprint density at radius 1 is 1.24 bits per heavy atom. The van der Waals surface area contributed by atoms with Crippen LogP contribution in [0.2, 0.25) is 0 Å². The zero-order valence-corrected chi connectivity index (χ0v) is 13.4. The summed E-state index contributed by atoms with van der Waals surface area (Å²) in [5, 5.41) is 12.6. The fraction of sp³-hybridized carbons (Fsp3) is 0.235. The standard InChI is InChI=1S/C17H17BrN2O/c1-2-10-21-16-8-6-13(7-9-16)17(12-19)20-15-5-3-4-14(18)11-15/h3-9,11,17,20H,2,10H2,1H3. The van der Waals surface area contributed by atoms with Crippen LogP contribution in [0.4, 0.5) is 5.69 Å². The van der Waals surface area contributed by atoms with E-state index < -0.39 is 0 Å². The number of halogens is 1. The quantitative estimate of drug-likeness (QED) is 0.809. The van der Waals surface area contributed by atoms with Gasteiger partial charge in [0, 0.05) is 10.2 Å². The molecule has 0 aliphatic rings. The number of anilines is 1. The third-order valence-electron chi connectivity index (χ3n) is 2.95. The monoisotopic (exact) mass is 344 g/mol. The highest BCUT2D eigenvalue weighted by Gasteiger charge is 2.10. The molecule has 3 nitrogen and oxygen atoms in total. The first kappa shape index (κ1) is 15.4. The highest BCUT2D eigenvalue weighted by atomic mass is 79.9. The van der Waals surface area contributed by atoms with E-state index in [1.165, 1.54) is 0 Å². The van der Waals surface area contributed by atoms with Gasteiger partial charge in [0.2, 0.25) is 0 Å². The van der Waals surface area contributed by atoms with E-state index >= 15 is 0 Å². The van der Waals surface area contributed by atoms with Crippen molar-refractivity contribution in [2.75, 3.05) is 11.9 Å². The largest absolute Gasteiger partial charge is 0.494 e. The molecule has 2 aromatic rings. The highest BCUT2D eigenvalue weighted by Crippen LogP contribution is 2.23. The predicted octanol–water partition coefficient (Wildman–Crippen LogP) is 4.91. The van der Waals surface area contributed by atoms with Gasteiger partial charge in [-0.15, -0.1) is 0 Å². The molecule has 108 valence electrons. The zero-order valence-electron chi connectivity index (χ0n) is 11.8. The summed E-state index contributed by atoms with van der Waals surface area (Å²) in [5.74, 6) is 0.833. The van der Waals surface area contributed by atoms with Crippen LogP contribution in [0.1, 0.15) is 24.9 Å². The van der Waals surface area contributed by atoms with Crippen LogP contribution in [0.25, 0.3) is 0 Å². The summed E-state index contributed by atoms with van der Waals surface area (Å²) in [6.07, 6.45) is 0.979. The van der Waals surface area contributed by atoms with E-state index in [1.54, 1.807) is 0 Å². The fourth-order valence-corrected chi connectivity index (χ4v) is 2.31. The maximum absolute atomic E-state index is 9.37. The van der Waals surface area contributed by atoms with Gasteiger partial charge in [-0.25, -0.2) is 0 Å². The second-order valence-electron chi connectivity index (χ2n) is 4.63. The maximum atomic E-state index is 9.37. The summed E-state index contributed by atoms with van der Waals surface area (Å²) >= 11 is 3.42. The van der Waals surface area contributed by atoms with Crippen molar-refractivity contribution >= 4 is 21.6 Å². The van der Waals surface area contributed by atoms with Crippen molar-refractivity contribution in [2.24, 2.45) is 0 Å². The van der Waals surface area contributed by atoms with Crippen LogP contribution in [0.3, 0.4) is 0 Å². The third kappa shape index (κ3) is 4.51. The first-order chi connectivity index (χ1) is 10.2. The van der Waals surface area contributed by atoms with Crippen molar-refractivity contribution in [3.8, 4) is 11.8 Å². The molecular formula is C17H17BrN2O. The van der Waals surface area contributed by atoms with Gasteiger partial charge in [0.15, 0.2) is 0 Å². The van der Waals surface area contributed by atoms with Crippen molar-refractivity contribution < 1.29 is 4.74 Å². The summed E-state index contributed by atoms with van der Waals surface area (Å²) in [7, 11) is 0. The van der Waals surface area contributed by atoms with Gasteiger partial charge >= 0.3 is 0 Å². The molecule has 0 fully saturated rings. The molecule has 0 aliphatic heterocycles. The maximum Gasteiger partial charge on any atom is 0.140 e. The van der Waals surface area contributed by atoms with Crippen molar-refractivity contribution in [3.05, 3.63) is 58.6 Å². The Kier molecular flexibility index (Phi) is 5.65. The fourth-order valence-electron chi connectivity index (χ4n) is 1.91. The lowest BCUT2D eigenvalue weighted by Gasteiger charge is -2.14. The molecule has 0 radical (unpaired) electrons. The Labute approximate surface area is 133 Å². The Morgan fingerprint density at radius 2 is 2.00 bits per heavy atom. The van der Waals surface area contributed by atoms with Gasteiger partial charge in [-0.3, -0.25) is 0 Å². The Bertz CT molecular complexity index is 619. The molecule has 0 spiro atoms. The Hall–Kier alpha value is -1.99. The smallest absolute Gasteiger partial charge is 0.140 e. The van der Waals surface area contributed by atoms with Crippen molar-refractivity contribution in [1.82, 2.24) is 0 Å². The van der Waals surface area contributed by atoms with E-state index in [0.29, 0.717) is 6.61 Å². The summed E-state index contributed by atoms with van der Waals surface area (Å²) in [6.45, 7) is 2.78. The molecule has 0 bridgehead atoms. The molecular weight excluding hydrogens is 328 g/mol. The molecule has 0 aliphatic carbocycles. The van der Waals surface area contributed by atoms with E-state index in [0.717, 1.165) is 27.9 Å². The van der Waals surface area contributed by atoms with Gasteiger partial charge in [0.1, 0.15) is 11.8 Å². The lowest BCUT2D eigenvalue weighted by atomic mass is 10.1. The molecule has 0 heterocycles. The van der Waals surface area contributed by atoms with Crippen molar-refractivity contribution in [2.45, 2.75) is 19.4 Å². The molecule has 0 aromatic heterocycles. The second kappa shape index (κ2) is 7.70. The van der Waals surface area contributed by atoms with Crippen LogP contribution in [0, 0.1) is 11.3 Å². The molecule has 4 heteroatoms. The minimum atomic E-state index is -0.389. The van der Waals surface area contributed by atoms with E-state index in [4.69, 9.17) is 4.74 Å². The van der Waals surface area contributed by atoms with Crippen LogP contribution >= 0.6 is 15.9 Å². The molecule has 1 unspecified atom stereocenters. The molecule has 21 heavy (non-hydrogen) atoms. The Morgan fingerprint density at radius 3 is 2.62 bits per heavy atom. The first-order valence-electron chi connectivity index (χ1n) is 6.87. The van der Waals surface area contributed by atoms with E-state index in [-0.39, 0.29) is 6.04 Å². The third-order valence-corrected chi connectivity index (χ3v) is 3.44. The number of nitrogens with zero attached hydrogens (tertiary/aromatic N) is 1. The number of hydrogen-bond acceptors (Lipinski definition) is 3. The molecule has 2 rings (SSSR count). The topological polar surface area (TPSA) is 45.0 Å². The van der Waals surface area contributed by atoms with Gasteiger partial charge in [-0.1, -0.05) is 41.1 Å². The lowest BCUT2D eigenvalue weighted by Crippen LogP contribution is -2.08. The number of hydrogen-bond donors (Lipinski definition) is 1. The van der Waals surface area contributed by atoms with Crippen molar-refractivity contribution in [1.29, 1.82) is 5.26 Å². The van der Waals surface area contributed by atoms with E-state index in [2.05, 4.69) is 34.2 Å². The summed E-state index contributed by atoms with van der Waals surface area (Å²) in [4.78, 5) is 0. The SMILES string of the molecule is CCCOc1ccc(C(C#N)Nc2cccc(Br)c2)cc1. The molecule has 0 saturated heterocycles. The minimum Gasteiger partial charge on any atom is -0.494 e. The highest BCUT2D eigenvalue weighted by molar-refractivity contribution is 9.10. The van der Waals surface area contributed by atoms with Crippen LogP contribution < -0.4 is 10.1 Å². The van der Waals surface area contributed by atoms with Gasteiger partial charge in [-0.2, -0.15) is 5.26 Å². The number of benzene rings is 2. The number of ether oxygens (including phenoxy) is 1. The van der Waals surface area contributed by atoms with Crippen molar-refractivity contribution in [3.63, 3.8) is 0 Å². The lowest BCUT2D eigenvalue weighted by molar-refractivity contribution is 0.317. The van der Waals surface area contributed by atoms with Crippen LogP contribution in [-0.2, 0) is 0 Å². The molecule has 0 saturated carbocycles.